The highest BCUT2D eigenvalue weighted by molar-refractivity contribution is 7.00. The zero-order chi connectivity index (χ0) is 34.6. The van der Waals surface area contributed by atoms with E-state index in [1.54, 1.807) is 0 Å². The fourth-order valence-electron chi connectivity index (χ4n) is 9.70. The van der Waals surface area contributed by atoms with Gasteiger partial charge >= 0.3 is 0 Å². The summed E-state index contributed by atoms with van der Waals surface area (Å²) in [6.07, 6.45) is 0. The second-order valence-electron chi connectivity index (χ2n) is 15.8. The van der Waals surface area contributed by atoms with Gasteiger partial charge in [0.15, 0.2) is 0 Å². The topological polar surface area (TPSA) is 24.6 Å². The van der Waals surface area contributed by atoms with E-state index in [9.17, 15) is 0 Å². The molecule has 0 saturated carbocycles. The fourth-order valence-corrected chi connectivity index (χ4v) is 9.70. The molecule has 5 heterocycles. The number of aromatic nitrogens is 1. The number of hydrogen-bond donors (Lipinski definition) is 0. The van der Waals surface area contributed by atoms with Gasteiger partial charge in [0.05, 0.1) is 39.2 Å². The minimum Gasteiger partial charge on any atom is -0.456 e. The summed E-state index contributed by atoms with van der Waals surface area (Å²) < 4.78 is 9.00. The van der Waals surface area contributed by atoms with Crippen molar-refractivity contribution in [2.24, 2.45) is 0 Å². The number of nitrogens with zero attached hydrogens (tertiary/aromatic N) is 3. The van der Waals surface area contributed by atoms with E-state index in [1.807, 2.05) is 0 Å². The Morgan fingerprint density at radius 2 is 1.23 bits per heavy atom. The van der Waals surface area contributed by atoms with Gasteiger partial charge in [-0.2, -0.15) is 0 Å². The van der Waals surface area contributed by atoms with Crippen LogP contribution >= 0.6 is 0 Å². The summed E-state index contributed by atoms with van der Waals surface area (Å²) in [5.41, 5.74) is 19.5. The van der Waals surface area contributed by atoms with Crippen LogP contribution in [0.15, 0.2) is 138 Å². The van der Waals surface area contributed by atoms with Crippen molar-refractivity contribution < 1.29 is 4.42 Å². The molecule has 0 fully saturated rings. The van der Waals surface area contributed by atoms with Gasteiger partial charge < -0.3 is 18.8 Å². The average molecular weight is 668 g/mol. The normalized spacial score (nSPS) is 14.0. The van der Waals surface area contributed by atoms with Gasteiger partial charge in [0.1, 0.15) is 11.2 Å². The van der Waals surface area contributed by atoms with Gasteiger partial charge in [0.2, 0.25) is 0 Å². The number of aryl methyl sites for hydroxylation is 1. The molecule has 0 N–H and O–H groups in total. The standard InChI is InChI=1S/C47H34BN3O/c1-27-24-39-44-40(25-27)51-37-18-9-14-30-29-12-5-7-16-34(29)50(45(30)37)38-19-10-15-32(46(38)51)48(44)33-26-28(47(2,3)4)22-23-35(33)49(39)36-17-11-21-42-43(36)31-13-6-8-20-41(31)52-42/h5-26H,1-4H3. The molecule has 0 amide bonds. The molecule has 12 rings (SSSR count). The van der Waals surface area contributed by atoms with Crippen LogP contribution in [0.25, 0.3) is 49.4 Å². The Hall–Kier alpha value is -6.20. The van der Waals surface area contributed by atoms with Gasteiger partial charge in [-0.25, -0.2) is 0 Å². The smallest absolute Gasteiger partial charge is 0.252 e. The van der Waals surface area contributed by atoms with Crippen LogP contribution in [-0.2, 0) is 5.41 Å². The van der Waals surface area contributed by atoms with Crippen molar-refractivity contribution in [1.82, 2.24) is 4.57 Å². The highest BCUT2D eigenvalue weighted by Gasteiger charge is 2.46. The molecule has 0 bridgehead atoms. The first-order valence-electron chi connectivity index (χ1n) is 18.3. The number of furan rings is 1. The summed E-state index contributed by atoms with van der Waals surface area (Å²) >= 11 is 0. The van der Waals surface area contributed by atoms with Crippen LogP contribution in [-0.4, -0.2) is 11.3 Å². The van der Waals surface area contributed by atoms with E-state index in [-0.39, 0.29) is 12.1 Å². The second-order valence-corrected chi connectivity index (χ2v) is 15.8. The predicted octanol–water partition coefficient (Wildman–Crippen LogP) is 10.7. The minimum atomic E-state index is -0.0115. The first kappa shape index (κ1) is 28.5. The Balaban J connectivity index is 1.25. The van der Waals surface area contributed by atoms with Crippen molar-refractivity contribution in [1.29, 1.82) is 0 Å². The van der Waals surface area contributed by atoms with Crippen LogP contribution in [0, 0.1) is 6.92 Å². The zero-order valence-electron chi connectivity index (χ0n) is 29.5. The summed E-state index contributed by atoms with van der Waals surface area (Å²) in [7, 11) is 0. The molecule has 4 nitrogen and oxygen atoms in total. The van der Waals surface area contributed by atoms with Crippen molar-refractivity contribution in [3.63, 3.8) is 0 Å². The lowest BCUT2D eigenvalue weighted by Crippen LogP contribution is -2.62. The Labute approximate surface area is 302 Å². The van der Waals surface area contributed by atoms with E-state index in [4.69, 9.17) is 4.42 Å². The number of hydrogen-bond acceptors (Lipinski definition) is 3. The molecule has 0 radical (unpaired) electrons. The number of anilines is 6. The summed E-state index contributed by atoms with van der Waals surface area (Å²) in [6, 6.07) is 49.7. The molecule has 246 valence electrons. The SMILES string of the molecule is Cc1cc2c3c(c1)N1c4c(cccc4-n4c5ccccc5c5cccc1c54)B3c1cc(C(C)(C)C)ccc1N2c1cccc2oc3ccccc3c12. The van der Waals surface area contributed by atoms with Crippen LogP contribution in [0.4, 0.5) is 34.1 Å². The van der Waals surface area contributed by atoms with Crippen LogP contribution in [0.1, 0.15) is 31.9 Å². The molecule has 0 atom stereocenters. The minimum absolute atomic E-state index is 0.0115. The van der Waals surface area contributed by atoms with E-state index in [1.165, 1.54) is 83.4 Å². The van der Waals surface area contributed by atoms with Crippen LogP contribution < -0.4 is 26.2 Å². The van der Waals surface area contributed by atoms with E-state index in [0.29, 0.717) is 0 Å². The number of fused-ring (bicyclic) bond motifs is 12. The van der Waals surface area contributed by atoms with Gasteiger partial charge in [0, 0.05) is 33.2 Å². The first-order chi connectivity index (χ1) is 25.4. The second kappa shape index (κ2) is 9.57. The van der Waals surface area contributed by atoms with E-state index < -0.39 is 0 Å². The molecule has 0 unspecified atom stereocenters. The third kappa shape index (κ3) is 3.44. The molecular formula is C47H34BN3O. The largest absolute Gasteiger partial charge is 0.456 e. The van der Waals surface area contributed by atoms with Crippen LogP contribution in [0.5, 0.6) is 0 Å². The highest BCUT2D eigenvalue weighted by Crippen LogP contribution is 2.53. The Morgan fingerprint density at radius 1 is 0.538 bits per heavy atom. The van der Waals surface area contributed by atoms with Crippen molar-refractivity contribution >= 4 is 101 Å². The van der Waals surface area contributed by atoms with Gasteiger partial charge in [-0.3, -0.25) is 0 Å². The van der Waals surface area contributed by atoms with E-state index in [2.05, 4.69) is 176 Å². The Kier molecular flexibility index (Phi) is 5.24. The lowest BCUT2D eigenvalue weighted by atomic mass is 9.33. The molecule has 0 spiro atoms. The fraction of sp³-hybridized carbons (Fsp3) is 0.106. The van der Waals surface area contributed by atoms with E-state index in [0.717, 1.165) is 27.6 Å². The molecular weight excluding hydrogens is 633 g/mol. The first-order valence-corrected chi connectivity index (χ1v) is 18.3. The molecule has 3 aliphatic heterocycles. The molecule has 0 aliphatic carbocycles. The molecule has 0 saturated heterocycles. The quantitative estimate of drug-likeness (QED) is 0.163. The van der Waals surface area contributed by atoms with Crippen molar-refractivity contribution in [2.75, 3.05) is 9.80 Å². The lowest BCUT2D eigenvalue weighted by molar-refractivity contribution is 0.591. The maximum absolute atomic E-state index is 6.48. The number of rotatable bonds is 1. The average Bonchev–Trinajstić information content (AvgIpc) is 3.70. The highest BCUT2D eigenvalue weighted by atomic mass is 16.3. The molecule has 2 aromatic heterocycles. The molecule has 9 aromatic rings. The van der Waals surface area contributed by atoms with Crippen molar-refractivity contribution in [3.8, 4) is 5.69 Å². The summed E-state index contributed by atoms with van der Waals surface area (Å²) in [5.74, 6) is 0. The molecule has 5 heteroatoms. The summed E-state index contributed by atoms with van der Waals surface area (Å²) in [6.45, 7) is 9.26. The lowest BCUT2D eigenvalue weighted by Gasteiger charge is -2.46. The van der Waals surface area contributed by atoms with Crippen molar-refractivity contribution in [3.05, 3.63) is 145 Å². The number of benzene rings is 7. The maximum Gasteiger partial charge on any atom is 0.252 e. The van der Waals surface area contributed by atoms with Crippen molar-refractivity contribution in [2.45, 2.75) is 33.1 Å². The van der Waals surface area contributed by atoms with Crippen LogP contribution in [0.2, 0.25) is 0 Å². The number of para-hydroxylation sites is 4. The third-order valence-electron chi connectivity index (χ3n) is 11.9. The monoisotopic (exact) mass is 667 g/mol. The third-order valence-corrected chi connectivity index (χ3v) is 11.9. The summed E-state index contributed by atoms with van der Waals surface area (Å²) in [5, 5.41) is 4.85. The van der Waals surface area contributed by atoms with Gasteiger partial charge in [-0.1, -0.05) is 99.6 Å². The summed E-state index contributed by atoms with van der Waals surface area (Å²) in [4.78, 5) is 5.11. The molecule has 7 aromatic carbocycles. The Morgan fingerprint density at radius 3 is 2.10 bits per heavy atom. The zero-order valence-corrected chi connectivity index (χ0v) is 29.5. The van der Waals surface area contributed by atoms with Gasteiger partial charge in [-0.15, -0.1) is 0 Å². The maximum atomic E-state index is 6.48. The Bertz CT molecular complexity index is 3050. The molecule has 3 aliphatic rings. The van der Waals surface area contributed by atoms with Crippen LogP contribution in [0.3, 0.4) is 0 Å². The molecule has 52 heavy (non-hydrogen) atoms. The predicted molar refractivity (Wildman–Crippen MR) is 219 cm³/mol. The van der Waals surface area contributed by atoms with Gasteiger partial charge in [0.25, 0.3) is 6.71 Å². The van der Waals surface area contributed by atoms with Gasteiger partial charge in [-0.05, 0) is 94.5 Å². The van der Waals surface area contributed by atoms with E-state index >= 15 is 0 Å².